The largest absolute Gasteiger partial charge is 0.378 e. The third kappa shape index (κ3) is 5.15. The number of hydrogen-bond donors (Lipinski definition) is 2. The molecule has 1 unspecified atom stereocenters. The smallest absolute Gasteiger partial charge is 0.319 e. The molecule has 0 bridgehead atoms. The number of amides is 2. The fourth-order valence-electron chi connectivity index (χ4n) is 3.24. The van der Waals surface area contributed by atoms with Crippen LogP contribution in [0.1, 0.15) is 25.8 Å². The third-order valence-electron chi connectivity index (χ3n) is 4.94. The minimum absolute atomic E-state index is 0.0401. The summed E-state index contributed by atoms with van der Waals surface area (Å²) in [5, 5.41) is 9.75. The summed E-state index contributed by atoms with van der Waals surface area (Å²) in [4.78, 5) is 27.6. The Labute approximate surface area is 180 Å². The van der Waals surface area contributed by atoms with E-state index in [2.05, 4.69) is 35.6 Å². The molecule has 1 aliphatic rings. The predicted octanol–water partition coefficient (Wildman–Crippen LogP) is 2.88. The zero-order valence-corrected chi connectivity index (χ0v) is 17.5. The molecule has 10 heteroatoms. The number of urea groups is 1. The Balaban J connectivity index is 1.39. The Bertz CT molecular complexity index is 986. The second-order valence-electron chi connectivity index (χ2n) is 7.52. The molecule has 0 aromatic carbocycles. The minimum atomic E-state index is -0.441. The molecule has 1 fully saturated rings. The molecule has 3 aromatic rings. The average molecular weight is 423 g/mol. The number of ether oxygens (including phenoxy) is 1. The highest BCUT2D eigenvalue weighted by Crippen LogP contribution is 2.23. The molecule has 1 atom stereocenters. The summed E-state index contributed by atoms with van der Waals surface area (Å²) in [5.41, 5.74) is 1.39. The predicted molar refractivity (Wildman–Crippen MR) is 115 cm³/mol. The number of rotatable bonds is 6. The van der Waals surface area contributed by atoms with E-state index in [1.807, 2.05) is 26.0 Å². The Morgan fingerprint density at radius 1 is 1.13 bits per heavy atom. The molecule has 4 rings (SSSR count). The molecular weight excluding hydrogens is 398 g/mol. The number of aromatic nitrogens is 4. The number of carbonyl (C=O) groups excluding carboxylic acids is 1. The van der Waals surface area contributed by atoms with Crippen molar-refractivity contribution in [3.05, 3.63) is 48.7 Å². The van der Waals surface area contributed by atoms with Crippen LogP contribution in [-0.4, -0.2) is 52.4 Å². The van der Waals surface area contributed by atoms with Crippen LogP contribution in [0, 0.1) is 5.92 Å². The highest BCUT2D eigenvalue weighted by Gasteiger charge is 2.25. The van der Waals surface area contributed by atoms with E-state index in [1.165, 1.54) is 0 Å². The van der Waals surface area contributed by atoms with E-state index in [4.69, 9.17) is 9.26 Å². The number of nitrogens with zero attached hydrogens (tertiary/aromatic N) is 5. The van der Waals surface area contributed by atoms with Crippen LogP contribution in [0.5, 0.6) is 0 Å². The van der Waals surface area contributed by atoms with Crippen LogP contribution < -0.4 is 15.5 Å². The molecule has 0 saturated carbocycles. The summed E-state index contributed by atoms with van der Waals surface area (Å²) in [6.07, 6.45) is 4.97. The van der Waals surface area contributed by atoms with Crippen LogP contribution in [0.4, 0.5) is 16.3 Å². The van der Waals surface area contributed by atoms with E-state index in [0.717, 1.165) is 24.5 Å². The number of pyridine rings is 2. The van der Waals surface area contributed by atoms with Gasteiger partial charge in [-0.3, -0.25) is 4.98 Å². The van der Waals surface area contributed by atoms with Gasteiger partial charge in [0.15, 0.2) is 0 Å². The zero-order chi connectivity index (χ0) is 21.6. The summed E-state index contributed by atoms with van der Waals surface area (Å²) < 4.78 is 10.8. The van der Waals surface area contributed by atoms with Crippen LogP contribution in [-0.2, 0) is 4.74 Å². The molecule has 2 amide bonds. The Morgan fingerprint density at radius 3 is 2.58 bits per heavy atom. The standard InChI is InChI=1S/C21H25N7O3/c1-14(2)18(20-26-19(27-31-20)15-5-7-22-8-6-15)25-21(29)24-16-3-4-17(23-13-16)28-9-11-30-12-10-28/h3-8,13-14,18H,9-12H2,1-2H3,(H2,24,25,29). The van der Waals surface area contributed by atoms with Crippen LogP contribution in [0.3, 0.4) is 0 Å². The normalized spacial score (nSPS) is 15.0. The molecule has 4 heterocycles. The van der Waals surface area contributed by atoms with E-state index in [1.54, 1.807) is 30.7 Å². The molecule has 1 saturated heterocycles. The van der Waals surface area contributed by atoms with Gasteiger partial charge in [0, 0.05) is 31.0 Å². The molecule has 3 aromatic heterocycles. The topological polar surface area (TPSA) is 118 Å². The lowest BCUT2D eigenvalue weighted by Gasteiger charge is -2.27. The van der Waals surface area contributed by atoms with Gasteiger partial charge < -0.3 is 24.8 Å². The lowest BCUT2D eigenvalue weighted by atomic mass is 10.0. The monoisotopic (exact) mass is 423 g/mol. The van der Waals surface area contributed by atoms with Gasteiger partial charge in [0.1, 0.15) is 11.9 Å². The fourth-order valence-corrected chi connectivity index (χ4v) is 3.24. The molecule has 2 N–H and O–H groups in total. The Kier molecular flexibility index (Phi) is 6.37. The summed E-state index contributed by atoms with van der Waals surface area (Å²) in [7, 11) is 0. The van der Waals surface area contributed by atoms with Crippen LogP contribution >= 0.6 is 0 Å². The van der Waals surface area contributed by atoms with Crippen molar-refractivity contribution in [1.82, 2.24) is 25.4 Å². The summed E-state index contributed by atoms with van der Waals surface area (Å²) >= 11 is 0. The first-order valence-electron chi connectivity index (χ1n) is 10.2. The molecule has 31 heavy (non-hydrogen) atoms. The highest BCUT2D eigenvalue weighted by atomic mass is 16.5. The van der Waals surface area contributed by atoms with Gasteiger partial charge in [-0.1, -0.05) is 19.0 Å². The van der Waals surface area contributed by atoms with E-state index < -0.39 is 6.04 Å². The van der Waals surface area contributed by atoms with Crippen molar-refractivity contribution < 1.29 is 14.1 Å². The van der Waals surface area contributed by atoms with Crippen molar-refractivity contribution in [3.63, 3.8) is 0 Å². The third-order valence-corrected chi connectivity index (χ3v) is 4.94. The molecule has 0 aliphatic carbocycles. The first-order valence-corrected chi connectivity index (χ1v) is 10.2. The number of anilines is 2. The van der Waals surface area contributed by atoms with Gasteiger partial charge in [-0.25, -0.2) is 9.78 Å². The van der Waals surface area contributed by atoms with E-state index in [9.17, 15) is 4.79 Å². The summed E-state index contributed by atoms with van der Waals surface area (Å²) in [6.45, 7) is 6.95. The van der Waals surface area contributed by atoms with Crippen LogP contribution in [0.2, 0.25) is 0 Å². The van der Waals surface area contributed by atoms with Crippen molar-refractivity contribution in [2.45, 2.75) is 19.9 Å². The minimum Gasteiger partial charge on any atom is -0.378 e. The maximum atomic E-state index is 12.6. The fraction of sp³-hybridized carbons (Fsp3) is 0.381. The van der Waals surface area contributed by atoms with Gasteiger partial charge in [0.05, 0.1) is 25.1 Å². The van der Waals surface area contributed by atoms with E-state index in [-0.39, 0.29) is 11.9 Å². The van der Waals surface area contributed by atoms with E-state index >= 15 is 0 Å². The van der Waals surface area contributed by atoms with Gasteiger partial charge in [0.25, 0.3) is 0 Å². The Morgan fingerprint density at radius 2 is 1.90 bits per heavy atom. The van der Waals surface area contributed by atoms with Gasteiger partial charge >= 0.3 is 6.03 Å². The number of nitrogens with one attached hydrogen (secondary N) is 2. The van der Waals surface area contributed by atoms with Crippen molar-refractivity contribution in [3.8, 4) is 11.4 Å². The van der Waals surface area contributed by atoms with Gasteiger partial charge in [-0.15, -0.1) is 0 Å². The zero-order valence-electron chi connectivity index (χ0n) is 17.5. The van der Waals surface area contributed by atoms with E-state index in [0.29, 0.717) is 30.6 Å². The lowest BCUT2D eigenvalue weighted by Crippen LogP contribution is -2.37. The number of morpholine rings is 1. The van der Waals surface area contributed by atoms with Crippen molar-refractivity contribution in [2.24, 2.45) is 5.92 Å². The number of hydrogen-bond acceptors (Lipinski definition) is 8. The first kappa shape index (κ1) is 20.7. The quantitative estimate of drug-likeness (QED) is 0.621. The second-order valence-corrected chi connectivity index (χ2v) is 7.52. The summed E-state index contributed by atoms with van der Waals surface area (Å²) in [6, 6.07) is 6.50. The molecule has 162 valence electrons. The van der Waals surface area contributed by atoms with Crippen molar-refractivity contribution in [2.75, 3.05) is 36.5 Å². The molecule has 1 aliphatic heterocycles. The summed E-state index contributed by atoms with van der Waals surface area (Å²) in [5.74, 6) is 1.70. The highest BCUT2D eigenvalue weighted by molar-refractivity contribution is 5.89. The average Bonchev–Trinajstić information content (AvgIpc) is 3.29. The van der Waals surface area contributed by atoms with Gasteiger partial charge in [-0.2, -0.15) is 4.98 Å². The molecular formula is C21H25N7O3. The van der Waals surface area contributed by atoms with Gasteiger partial charge in [0.2, 0.25) is 11.7 Å². The van der Waals surface area contributed by atoms with Crippen molar-refractivity contribution >= 4 is 17.5 Å². The molecule has 0 spiro atoms. The van der Waals surface area contributed by atoms with Crippen molar-refractivity contribution in [1.29, 1.82) is 0 Å². The maximum absolute atomic E-state index is 12.6. The molecule has 0 radical (unpaired) electrons. The van der Waals surface area contributed by atoms with Gasteiger partial charge in [-0.05, 0) is 30.2 Å². The Hall–Kier alpha value is -3.53. The SMILES string of the molecule is CC(C)C(NC(=O)Nc1ccc(N2CCOCC2)nc1)c1nc(-c2ccncc2)no1. The van der Waals surface area contributed by atoms with Crippen LogP contribution in [0.25, 0.3) is 11.4 Å². The lowest BCUT2D eigenvalue weighted by molar-refractivity contribution is 0.122. The first-order chi connectivity index (χ1) is 15.1. The second kappa shape index (κ2) is 9.52. The molecule has 10 nitrogen and oxygen atoms in total. The number of carbonyl (C=O) groups is 1. The maximum Gasteiger partial charge on any atom is 0.319 e. The van der Waals surface area contributed by atoms with Crippen LogP contribution in [0.15, 0.2) is 47.4 Å².